The van der Waals surface area contributed by atoms with Gasteiger partial charge in [-0.3, -0.25) is 9.59 Å². The number of ether oxygens (including phenoxy) is 1. The van der Waals surface area contributed by atoms with Crippen molar-refractivity contribution in [3.05, 3.63) is 60.4 Å². The summed E-state index contributed by atoms with van der Waals surface area (Å²) in [5.74, 6) is -1.34. The van der Waals surface area contributed by atoms with Gasteiger partial charge >= 0.3 is 6.03 Å². The van der Waals surface area contributed by atoms with Crippen LogP contribution in [0.4, 0.5) is 20.6 Å². The number of anilines is 2. The van der Waals surface area contributed by atoms with Crippen molar-refractivity contribution >= 4 is 29.2 Å². The minimum Gasteiger partial charge on any atom is -0.383 e. The quantitative estimate of drug-likeness (QED) is 0.743. The Morgan fingerprint density at radius 3 is 2.43 bits per heavy atom. The zero-order chi connectivity index (χ0) is 20.1. The van der Waals surface area contributed by atoms with E-state index in [1.165, 1.54) is 36.3 Å². The van der Waals surface area contributed by atoms with Crippen molar-refractivity contribution < 1.29 is 23.5 Å². The first-order valence-corrected chi connectivity index (χ1v) is 8.75. The molecule has 0 aliphatic carbocycles. The molecule has 1 saturated heterocycles. The van der Waals surface area contributed by atoms with Crippen molar-refractivity contribution in [2.75, 3.05) is 30.5 Å². The second-order valence-corrected chi connectivity index (χ2v) is 6.25. The summed E-state index contributed by atoms with van der Waals surface area (Å²) in [7, 11) is 1.49. The molecule has 1 aliphatic rings. The fourth-order valence-electron chi connectivity index (χ4n) is 3.01. The van der Waals surface area contributed by atoms with E-state index in [-0.39, 0.29) is 19.6 Å². The van der Waals surface area contributed by atoms with Gasteiger partial charge in [0.2, 0.25) is 5.91 Å². The normalized spacial score (nSPS) is 16.6. The van der Waals surface area contributed by atoms with Crippen LogP contribution < -0.4 is 10.2 Å². The lowest BCUT2D eigenvalue weighted by Crippen LogP contribution is -2.39. The van der Waals surface area contributed by atoms with Gasteiger partial charge < -0.3 is 15.0 Å². The van der Waals surface area contributed by atoms with Crippen LogP contribution in [0.15, 0.2) is 54.6 Å². The van der Waals surface area contributed by atoms with E-state index in [1.54, 1.807) is 30.3 Å². The molecular weight excluding hydrogens is 365 g/mol. The van der Waals surface area contributed by atoms with E-state index in [2.05, 4.69) is 5.32 Å². The van der Waals surface area contributed by atoms with Gasteiger partial charge in [0, 0.05) is 19.3 Å². The number of imide groups is 1. The second kappa shape index (κ2) is 8.62. The summed E-state index contributed by atoms with van der Waals surface area (Å²) >= 11 is 0. The zero-order valence-corrected chi connectivity index (χ0v) is 15.3. The fraction of sp³-hybridized carbons (Fsp3) is 0.250. The van der Waals surface area contributed by atoms with Gasteiger partial charge in [-0.05, 0) is 36.4 Å². The number of carbonyl (C=O) groups is 3. The minimum atomic E-state index is -0.941. The van der Waals surface area contributed by atoms with E-state index < -0.39 is 29.7 Å². The summed E-state index contributed by atoms with van der Waals surface area (Å²) in [6, 6.07) is 12.4. The number of nitrogens with one attached hydrogen (secondary N) is 1. The number of nitrogens with zero attached hydrogens (tertiary/aromatic N) is 2. The van der Waals surface area contributed by atoms with Crippen LogP contribution in [0.3, 0.4) is 0 Å². The monoisotopic (exact) mass is 385 g/mol. The van der Waals surface area contributed by atoms with E-state index in [1.807, 2.05) is 0 Å². The summed E-state index contributed by atoms with van der Waals surface area (Å²) in [5, 5.41) is 2.62. The Morgan fingerprint density at radius 2 is 1.79 bits per heavy atom. The van der Waals surface area contributed by atoms with Crippen LogP contribution in [0, 0.1) is 5.82 Å². The summed E-state index contributed by atoms with van der Waals surface area (Å²) < 4.78 is 18.0. The Hall–Kier alpha value is -3.26. The molecule has 7 nitrogen and oxygen atoms in total. The molecule has 4 amide bonds. The highest BCUT2D eigenvalue weighted by Crippen LogP contribution is 2.26. The fourth-order valence-corrected chi connectivity index (χ4v) is 3.01. The number of rotatable bonds is 7. The first kappa shape index (κ1) is 19.5. The van der Waals surface area contributed by atoms with Gasteiger partial charge in [0.15, 0.2) is 0 Å². The smallest absolute Gasteiger partial charge is 0.332 e. The third-order valence-corrected chi connectivity index (χ3v) is 4.38. The summed E-state index contributed by atoms with van der Waals surface area (Å²) in [6.45, 7) is 0.413. The molecule has 1 atom stereocenters. The van der Waals surface area contributed by atoms with Gasteiger partial charge in [-0.15, -0.1) is 0 Å². The lowest BCUT2D eigenvalue weighted by molar-refractivity contribution is -0.124. The van der Waals surface area contributed by atoms with E-state index in [4.69, 9.17) is 4.74 Å². The van der Waals surface area contributed by atoms with Gasteiger partial charge in [-0.2, -0.15) is 0 Å². The van der Waals surface area contributed by atoms with Gasteiger partial charge in [0.1, 0.15) is 11.9 Å². The van der Waals surface area contributed by atoms with Crippen LogP contribution in [0.1, 0.15) is 6.42 Å². The van der Waals surface area contributed by atoms with Gasteiger partial charge in [0.25, 0.3) is 5.91 Å². The van der Waals surface area contributed by atoms with Crippen molar-refractivity contribution in [3.8, 4) is 0 Å². The first-order valence-electron chi connectivity index (χ1n) is 8.75. The zero-order valence-electron chi connectivity index (χ0n) is 15.3. The molecular formula is C20H20FN3O4. The van der Waals surface area contributed by atoms with Crippen LogP contribution in [0.25, 0.3) is 0 Å². The molecule has 1 fully saturated rings. The van der Waals surface area contributed by atoms with Crippen molar-refractivity contribution in [3.63, 3.8) is 0 Å². The van der Waals surface area contributed by atoms with Crippen LogP contribution in [0.2, 0.25) is 0 Å². The minimum absolute atomic E-state index is 0.179. The average molecular weight is 385 g/mol. The number of benzene rings is 2. The molecule has 1 heterocycles. The van der Waals surface area contributed by atoms with E-state index >= 15 is 0 Å². The van der Waals surface area contributed by atoms with Crippen molar-refractivity contribution in [1.29, 1.82) is 0 Å². The highest BCUT2D eigenvalue weighted by molar-refractivity contribution is 6.22. The molecule has 8 heteroatoms. The summed E-state index contributed by atoms with van der Waals surface area (Å²) in [5.41, 5.74) is 0.855. The van der Waals surface area contributed by atoms with Gasteiger partial charge in [-0.1, -0.05) is 18.2 Å². The van der Waals surface area contributed by atoms with Crippen LogP contribution in [0.5, 0.6) is 0 Å². The van der Waals surface area contributed by atoms with Crippen molar-refractivity contribution in [1.82, 2.24) is 4.90 Å². The lowest BCUT2D eigenvalue weighted by Gasteiger charge is -2.21. The van der Waals surface area contributed by atoms with E-state index in [0.717, 1.165) is 4.90 Å². The van der Waals surface area contributed by atoms with Crippen LogP contribution >= 0.6 is 0 Å². The molecule has 1 aliphatic heterocycles. The molecule has 0 spiro atoms. The van der Waals surface area contributed by atoms with E-state index in [0.29, 0.717) is 11.4 Å². The second-order valence-electron chi connectivity index (χ2n) is 6.25. The SMILES string of the molecule is COCCN1C(=O)N(c2ccccc2)C(=O)[C@H]1CC(=O)Nc1ccc(F)cc1. The molecule has 0 radical (unpaired) electrons. The number of para-hydroxylation sites is 1. The molecule has 2 aromatic carbocycles. The Labute approximate surface area is 161 Å². The highest BCUT2D eigenvalue weighted by atomic mass is 19.1. The average Bonchev–Trinajstić information content (AvgIpc) is 2.92. The molecule has 3 rings (SSSR count). The maximum Gasteiger partial charge on any atom is 0.332 e. The molecule has 28 heavy (non-hydrogen) atoms. The standard InChI is InChI=1S/C20H20FN3O4/c1-28-12-11-23-17(13-18(25)22-15-9-7-14(21)8-10-15)19(26)24(20(23)27)16-5-3-2-4-6-16/h2-10,17H,11-13H2,1H3,(H,22,25)/t17-/m1/s1. The Morgan fingerprint density at radius 1 is 1.11 bits per heavy atom. The van der Waals surface area contributed by atoms with Crippen LogP contribution in [-0.4, -0.2) is 49.0 Å². The van der Waals surface area contributed by atoms with Crippen LogP contribution in [-0.2, 0) is 14.3 Å². The number of hydrogen-bond donors (Lipinski definition) is 1. The molecule has 1 N–H and O–H groups in total. The largest absolute Gasteiger partial charge is 0.383 e. The van der Waals surface area contributed by atoms with Gasteiger partial charge in [0.05, 0.1) is 18.7 Å². The first-order chi connectivity index (χ1) is 13.5. The molecule has 146 valence electrons. The third-order valence-electron chi connectivity index (χ3n) is 4.38. The Bertz CT molecular complexity index is 858. The Balaban J connectivity index is 1.78. The van der Waals surface area contributed by atoms with Crippen molar-refractivity contribution in [2.24, 2.45) is 0 Å². The number of carbonyl (C=O) groups excluding carboxylic acids is 3. The predicted octanol–water partition coefficient (Wildman–Crippen LogP) is 2.64. The molecule has 2 aromatic rings. The van der Waals surface area contributed by atoms with E-state index in [9.17, 15) is 18.8 Å². The Kier molecular flexibility index (Phi) is 6.00. The van der Waals surface area contributed by atoms with Gasteiger partial charge in [-0.25, -0.2) is 14.1 Å². The summed E-state index contributed by atoms with van der Waals surface area (Å²) in [4.78, 5) is 40.6. The topological polar surface area (TPSA) is 79.0 Å². The number of urea groups is 1. The van der Waals surface area contributed by atoms with Crippen molar-refractivity contribution in [2.45, 2.75) is 12.5 Å². The molecule has 0 aromatic heterocycles. The number of halogens is 1. The summed E-state index contributed by atoms with van der Waals surface area (Å²) in [6.07, 6.45) is -0.213. The molecule has 0 bridgehead atoms. The predicted molar refractivity (Wildman–Crippen MR) is 101 cm³/mol. The highest BCUT2D eigenvalue weighted by Gasteiger charge is 2.46. The number of hydrogen-bond acceptors (Lipinski definition) is 4. The lowest BCUT2D eigenvalue weighted by atomic mass is 10.1. The molecule has 0 unspecified atom stereocenters. The third kappa shape index (κ3) is 4.17. The number of amides is 4. The molecule has 0 saturated carbocycles. The maximum absolute atomic E-state index is 13.0. The number of methoxy groups -OCH3 is 1. The maximum atomic E-state index is 13.0.